The summed E-state index contributed by atoms with van der Waals surface area (Å²) >= 11 is 0. The maximum atomic E-state index is 13.0. The number of carbonyl (C=O) groups excluding carboxylic acids is 3. The molecule has 5 nitrogen and oxygen atoms in total. The average molecular weight is 388 g/mol. The van der Waals surface area contributed by atoms with E-state index in [1.54, 1.807) is 24.3 Å². The summed E-state index contributed by atoms with van der Waals surface area (Å²) < 4.78 is 0. The lowest BCUT2D eigenvalue weighted by molar-refractivity contribution is -0.123. The van der Waals surface area contributed by atoms with Crippen LogP contribution in [0.25, 0.3) is 0 Å². The Kier molecular flexibility index (Phi) is 4.09. The number of anilines is 2. The van der Waals surface area contributed by atoms with Crippen LogP contribution in [0.1, 0.15) is 40.7 Å². The van der Waals surface area contributed by atoms with Crippen molar-refractivity contribution in [3.05, 3.63) is 59.2 Å². The standard InChI is InChI=1S/C24H24N2O3/c1-13-5-3-8-19(14(13)2)25-22(27)17-6-4-7-18(12-17)26-23(28)20-15-9-10-16(11-15)21(20)24(26)29/h3-8,12,15-16,20-21H,9-11H2,1-2H3,(H,25,27)/t15-,16-,20-,21+/m0/s1. The minimum absolute atomic E-state index is 0.0840. The number of aryl methyl sites for hydroxylation is 1. The van der Waals surface area contributed by atoms with Crippen LogP contribution in [0.5, 0.6) is 0 Å². The molecule has 1 heterocycles. The number of imide groups is 1. The number of carbonyl (C=O) groups is 3. The van der Waals surface area contributed by atoms with Crippen LogP contribution in [0.3, 0.4) is 0 Å². The lowest BCUT2D eigenvalue weighted by Crippen LogP contribution is -2.33. The van der Waals surface area contributed by atoms with Gasteiger partial charge in [0.2, 0.25) is 11.8 Å². The molecule has 1 N–H and O–H groups in total. The molecule has 3 aliphatic rings. The second-order valence-electron chi connectivity index (χ2n) is 8.65. The number of rotatable bonds is 3. The van der Waals surface area contributed by atoms with Crippen molar-refractivity contribution in [3.8, 4) is 0 Å². The third kappa shape index (κ3) is 2.71. The molecule has 0 unspecified atom stereocenters. The predicted octanol–water partition coefficient (Wildman–Crippen LogP) is 4.09. The van der Waals surface area contributed by atoms with E-state index < -0.39 is 0 Å². The van der Waals surface area contributed by atoms with Crippen LogP contribution in [0.15, 0.2) is 42.5 Å². The van der Waals surface area contributed by atoms with Gasteiger partial charge in [-0.3, -0.25) is 19.3 Å². The van der Waals surface area contributed by atoms with Crippen LogP contribution in [0.4, 0.5) is 11.4 Å². The summed E-state index contributed by atoms with van der Waals surface area (Å²) in [5.74, 6) is -0.0368. The van der Waals surface area contributed by atoms with Crippen LogP contribution in [0.2, 0.25) is 0 Å². The Bertz CT molecular complexity index is 1020. The summed E-state index contributed by atoms with van der Waals surface area (Å²) in [5, 5.41) is 2.94. The molecular formula is C24H24N2O3. The van der Waals surface area contributed by atoms with E-state index in [1.165, 1.54) is 4.90 Å². The van der Waals surface area contributed by atoms with Gasteiger partial charge < -0.3 is 5.32 Å². The summed E-state index contributed by atoms with van der Waals surface area (Å²) in [4.78, 5) is 40.2. The molecule has 1 aliphatic heterocycles. The molecule has 1 saturated heterocycles. The number of benzene rings is 2. The molecule has 4 atom stereocenters. The molecule has 2 aliphatic carbocycles. The van der Waals surface area contributed by atoms with E-state index in [4.69, 9.17) is 0 Å². The number of nitrogens with one attached hydrogen (secondary N) is 1. The zero-order chi connectivity index (χ0) is 20.3. The minimum atomic E-state index is -0.250. The number of fused-ring (bicyclic) bond motifs is 5. The lowest BCUT2D eigenvalue weighted by atomic mass is 9.81. The van der Waals surface area contributed by atoms with E-state index in [9.17, 15) is 14.4 Å². The fraction of sp³-hybridized carbons (Fsp3) is 0.375. The fourth-order valence-electron chi connectivity index (χ4n) is 5.53. The zero-order valence-electron chi connectivity index (χ0n) is 16.6. The third-order valence-corrected chi connectivity index (χ3v) is 7.15. The van der Waals surface area contributed by atoms with Gasteiger partial charge in [0.25, 0.3) is 5.91 Å². The topological polar surface area (TPSA) is 66.5 Å². The molecule has 0 spiro atoms. The summed E-state index contributed by atoms with van der Waals surface area (Å²) in [5.41, 5.74) is 3.82. The molecule has 3 fully saturated rings. The Hall–Kier alpha value is -2.95. The molecule has 29 heavy (non-hydrogen) atoms. The first-order valence-corrected chi connectivity index (χ1v) is 10.3. The number of amides is 3. The van der Waals surface area contributed by atoms with Gasteiger partial charge in [0.1, 0.15) is 0 Å². The van der Waals surface area contributed by atoms with E-state index in [-0.39, 0.29) is 29.6 Å². The summed E-state index contributed by atoms with van der Waals surface area (Å²) in [6, 6.07) is 12.6. The van der Waals surface area contributed by atoms with Gasteiger partial charge in [-0.15, -0.1) is 0 Å². The van der Waals surface area contributed by atoms with Gasteiger partial charge in [-0.1, -0.05) is 18.2 Å². The van der Waals surface area contributed by atoms with Crippen LogP contribution < -0.4 is 10.2 Å². The van der Waals surface area contributed by atoms with E-state index in [0.29, 0.717) is 23.1 Å². The highest BCUT2D eigenvalue weighted by Crippen LogP contribution is 2.56. The fourth-order valence-corrected chi connectivity index (χ4v) is 5.53. The maximum absolute atomic E-state index is 13.0. The first-order chi connectivity index (χ1) is 14.0. The van der Waals surface area contributed by atoms with E-state index >= 15 is 0 Å². The monoisotopic (exact) mass is 388 g/mol. The Morgan fingerprint density at radius 1 is 0.966 bits per heavy atom. The average Bonchev–Trinajstić information content (AvgIpc) is 3.39. The highest BCUT2D eigenvalue weighted by Gasteiger charge is 2.61. The third-order valence-electron chi connectivity index (χ3n) is 7.15. The second kappa shape index (κ2) is 6.55. The minimum Gasteiger partial charge on any atom is -0.322 e. The van der Waals surface area contributed by atoms with Crippen molar-refractivity contribution in [3.63, 3.8) is 0 Å². The van der Waals surface area contributed by atoms with Crippen molar-refractivity contribution in [2.24, 2.45) is 23.7 Å². The lowest BCUT2D eigenvalue weighted by Gasteiger charge is -2.19. The Balaban J connectivity index is 1.42. The Morgan fingerprint density at radius 3 is 2.31 bits per heavy atom. The summed E-state index contributed by atoms with van der Waals surface area (Å²) in [6.45, 7) is 3.97. The molecular weight excluding hydrogens is 364 g/mol. The quantitative estimate of drug-likeness (QED) is 0.806. The molecule has 148 valence electrons. The van der Waals surface area contributed by atoms with E-state index in [2.05, 4.69) is 5.32 Å². The highest BCUT2D eigenvalue weighted by molar-refractivity contribution is 6.23. The largest absolute Gasteiger partial charge is 0.322 e. The molecule has 3 amide bonds. The van der Waals surface area contributed by atoms with Crippen molar-refractivity contribution in [2.75, 3.05) is 10.2 Å². The van der Waals surface area contributed by atoms with Gasteiger partial charge >= 0.3 is 0 Å². The van der Waals surface area contributed by atoms with Crippen LogP contribution >= 0.6 is 0 Å². The van der Waals surface area contributed by atoms with Gasteiger partial charge in [-0.25, -0.2) is 0 Å². The van der Waals surface area contributed by atoms with Crippen molar-refractivity contribution in [2.45, 2.75) is 33.1 Å². The molecule has 2 saturated carbocycles. The van der Waals surface area contributed by atoms with Gasteiger partial charge in [0.15, 0.2) is 0 Å². The second-order valence-corrected chi connectivity index (χ2v) is 8.65. The molecule has 5 rings (SSSR count). The van der Waals surface area contributed by atoms with Gasteiger partial charge in [-0.05, 0) is 80.3 Å². The normalized spacial score (nSPS) is 27.4. The van der Waals surface area contributed by atoms with Crippen LogP contribution in [-0.4, -0.2) is 17.7 Å². The smallest absolute Gasteiger partial charge is 0.255 e. The summed E-state index contributed by atoms with van der Waals surface area (Å²) in [6.07, 6.45) is 3.12. The zero-order valence-corrected chi connectivity index (χ0v) is 16.6. The van der Waals surface area contributed by atoms with Crippen molar-refractivity contribution in [1.29, 1.82) is 0 Å². The van der Waals surface area contributed by atoms with Crippen LogP contribution in [0, 0.1) is 37.5 Å². The Morgan fingerprint density at radius 2 is 1.62 bits per heavy atom. The molecule has 2 aromatic rings. The molecule has 5 heteroatoms. The molecule has 2 bridgehead atoms. The predicted molar refractivity (Wildman–Crippen MR) is 111 cm³/mol. The first kappa shape index (κ1) is 18.1. The van der Waals surface area contributed by atoms with Gasteiger partial charge in [0.05, 0.1) is 17.5 Å². The molecule has 0 radical (unpaired) electrons. The Labute approximate surface area is 170 Å². The van der Waals surface area contributed by atoms with E-state index in [1.807, 2.05) is 32.0 Å². The van der Waals surface area contributed by atoms with Gasteiger partial charge in [-0.2, -0.15) is 0 Å². The molecule has 2 aromatic carbocycles. The van der Waals surface area contributed by atoms with Crippen molar-refractivity contribution >= 4 is 29.1 Å². The summed E-state index contributed by atoms with van der Waals surface area (Å²) in [7, 11) is 0. The number of nitrogens with zero attached hydrogens (tertiary/aromatic N) is 1. The van der Waals surface area contributed by atoms with Crippen molar-refractivity contribution < 1.29 is 14.4 Å². The first-order valence-electron chi connectivity index (χ1n) is 10.3. The number of hydrogen-bond acceptors (Lipinski definition) is 3. The molecule has 0 aromatic heterocycles. The highest BCUT2D eigenvalue weighted by atomic mass is 16.2. The number of hydrogen-bond donors (Lipinski definition) is 1. The SMILES string of the molecule is Cc1cccc(NC(=O)c2cccc(N3C(=O)[C@@H]4[C@H]5CC[C@@H](C5)[C@@H]4C3=O)c2)c1C. The van der Waals surface area contributed by atoms with Crippen molar-refractivity contribution in [1.82, 2.24) is 0 Å². The van der Waals surface area contributed by atoms with Gasteiger partial charge in [0, 0.05) is 11.3 Å². The van der Waals surface area contributed by atoms with Crippen LogP contribution in [-0.2, 0) is 9.59 Å². The van der Waals surface area contributed by atoms with E-state index in [0.717, 1.165) is 36.1 Å². The maximum Gasteiger partial charge on any atom is 0.255 e.